The molecule has 1 aliphatic heterocycles. The molecule has 0 saturated carbocycles. The topological polar surface area (TPSA) is 54.5 Å². The fourth-order valence-corrected chi connectivity index (χ4v) is 3.11. The summed E-state index contributed by atoms with van der Waals surface area (Å²) in [4.78, 5) is 19.2. The van der Waals surface area contributed by atoms with E-state index >= 15 is 0 Å². The van der Waals surface area contributed by atoms with Crippen LogP contribution >= 0.6 is 11.6 Å². The summed E-state index contributed by atoms with van der Waals surface area (Å²) in [5, 5.41) is 3.47. The van der Waals surface area contributed by atoms with Crippen LogP contribution in [0.1, 0.15) is 35.2 Å². The summed E-state index contributed by atoms with van der Waals surface area (Å²) < 4.78 is 5.29. The molecule has 132 valence electrons. The zero-order valence-corrected chi connectivity index (χ0v) is 15.3. The van der Waals surface area contributed by atoms with Gasteiger partial charge in [0.1, 0.15) is 11.6 Å². The molecule has 3 rings (SSSR count). The molecule has 25 heavy (non-hydrogen) atoms. The van der Waals surface area contributed by atoms with Gasteiger partial charge in [-0.15, -0.1) is 0 Å². The number of nitrogens with zero attached hydrogens (tertiary/aromatic N) is 2. The zero-order valence-electron chi connectivity index (χ0n) is 14.5. The summed E-state index contributed by atoms with van der Waals surface area (Å²) >= 11 is 6.10. The van der Waals surface area contributed by atoms with Crippen LogP contribution < -0.4 is 15.0 Å². The van der Waals surface area contributed by atoms with Gasteiger partial charge in [0.25, 0.3) is 5.91 Å². The third-order valence-electron chi connectivity index (χ3n) is 4.42. The van der Waals surface area contributed by atoms with E-state index in [4.69, 9.17) is 16.3 Å². The van der Waals surface area contributed by atoms with E-state index < -0.39 is 0 Å². The second-order valence-corrected chi connectivity index (χ2v) is 6.62. The maximum absolute atomic E-state index is 12.5. The third kappa shape index (κ3) is 4.04. The molecule has 2 aromatic rings. The van der Waals surface area contributed by atoms with E-state index in [0.29, 0.717) is 22.0 Å². The van der Waals surface area contributed by atoms with Crippen LogP contribution in [0.5, 0.6) is 5.75 Å². The lowest BCUT2D eigenvalue weighted by Gasteiger charge is -2.27. The molecule has 0 bridgehead atoms. The molecule has 1 fully saturated rings. The van der Waals surface area contributed by atoms with Gasteiger partial charge in [0.2, 0.25) is 0 Å². The van der Waals surface area contributed by atoms with E-state index in [0.717, 1.165) is 24.5 Å². The summed E-state index contributed by atoms with van der Waals surface area (Å²) in [5.74, 6) is 1.23. The van der Waals surface area contributed by atoms with Crippen LogP contribution in [-0.2, 0) is 0 Å². The van der Waals surface area contributed by atoms with Gasteiger partial charge in [-0.25, -0.2) is 4.98 Å². The highest BCUT2D eigenvalue weighted by Crippen LogP contribution is 2.31. The van der Waals surface area contributed by atoms with E-state index in [2.05, 4.69) is 15.2 Å². The molecule has 1 aliphatic rings. The number of piperidine rings is 1. The molecule has 0 unspecified atom stereocenters. The molecule has 0 radical (unpaired) electrons. The van der Waals surface area contributed by atoms with Gasteiger partial charge < -0.3 is 15.0 Å². The standard InChI is InChI=1S/C19H22ClN3O2/c1-13-10-16(17(25-2)11-15(13)20)22-19(24)14-6-7-18(21-12-14)23-8-4-3-5-9-23/h6-7,10-12H,3-5,8-9H2,1-2H3,(H,22,24). The summed E-state index contributed by atoms with van der Waals surface area (Å²) in [6.45, 7) is 3.94. The highest BCUT2D eigenvalue weighted by atomic mass is 35.5. The summed E-state index contributed by atoms with van der Waals surface area (Å²) in [7, 11) is 1.55. The number of halogens is 1. The molecular formula is C19H22ClN3O2. The Kier molecular flexibility index (Phi) is 5.43. The number of rotatable bonds is 4. The van der Waals surface area contributed by atoms with Gasteiger partial charge in [0.15, 0.2) is 0 Å². The predicted octanol–water partition coefficient (Wildman–Crippen LogP) is 4.29. The highest BCUT2D eigenvalue weighted by Gasteiger charge is 2.15. The van der Waals surface area contributed by atoms with Crippen LogP contribution in [0.15, 0.2) is 30.5 Å². The van der Waals surface area contributed by atoms with E-state index in [1.54, 1.807) is 25.4 Å². The number of methoxy groups -OCH3 is 1. The van der Waals surface area contributed by atoms with Gasteiger partial charge >= 0.3 is 0 Å². The molecule has 0 aliphatic carbocycles. The lowest BCUT2D eigenvalue weighted by Crippen LogP contribution is -2.30. The minimum absolute atomic E-state index is 0.224. The SMILES string of the molecule is COc1cc(Cl)c(C)cc1NC(=O)c1ccc(N2CCCCC2)nc1. The molecule has 2 heterocycles. The van der Waals surface area contributed by atoms with Crippen LogP contribution in [0.3, 0.4) is 0 Å². The number of hydrogen-bond acceptors (Lipinski definition) is 4. The summed E-state index contributed by atoms with van der Waals surface area (Å²) in [6, 6.07) is 7.21. The first-order valence-corrected chi connectivity index (χ1v) is 8.83. The minimum Gasteiger partial charge on any atom is -0.495 e. The maximum Gasteiger partial charge on any atom is 0.257 e. The van der Waals surface area contributed by atoms with Crippen molar-refractivity contribution in [3.05, 3.63) is 46.6 Å². The van der Waals surface area contributed by atoms with Gasteiger partial charge in [-0.2, -0.15) is 0 Å². The van der Waals surface area contributed by atoms with Crippen molar-refractivity contribution in [2.75, 3.05) is 30.4 Å². The molecule has 0 spiro atoms. The number of nitrogens with one attached hydrogen (secondary N) is 1. The Labute approximate surface area is 153 Å². The van der Waals surface area contributed by atoms with Crippen LogP contribution in [0, 0.1) is 6.92 Å². The fourth-order valence-electron chi connectivity index (χ4n) is 2.95. The first kappa shape index (κ1) is 17.5. The average molecular weight is 360 g/mol. The fraction of sp³-hybridized carbons (Fsp3) is 0.368. The Hall–Kier alpha value is -2.27. The van der Waals surface area contributed by atoms with Gasteiger partial charge in [-0.3, -0.25) is 4.79 Å². The average Bonchev–Trinajstić information content (AvgIpc) is 2.65. The number of aryl methyl sites for hydroxylation is 1. The number of carbonyl (C=O) groups is 1. The van der Waals surface area contributed by atoms with Crippen molar-refractivity contribution in [2.45, 2.75) is 26.2 Å². The molecule has 0 atom stereocenters. The van der Waals surface area contributed by atoms with Crippen molar-refractivity contribution < 1.29 is 9.53 Å². The molecular weight excluding hydrogens is 338 g/mol. The smallest absolute Gasteiger partial charge is 0.257 e. The van der Waals surface area contributed by atoms with Crippen molar-refractivity contribution in [3.63, 3.8) is 0 Å². The molecule has 1 amide bonds. The summed E-state index contributed by atoms with van der Waals surface area (Å²) in [6.07, 6.45) is 5.28. The second-order valence-electron chi connectivity index (χ2n) is 6.21. The first-order chi connectivity index (χ1) is 12.1. The molecule has 5 nitrogen and oxygen atoms in total. The second kappa shape index (κ2) is 7.74. The Morgan fingerprint density at radius 3 is 2.64 bits per heavy atom. The molecule has 1 aromatic carbocycles. The summed E-state index contributed by atoms with van der Waals surface area (Å²) in [5.41, 5.74) is 1.97. The zero-order chi connectivity index (χ0) is 17.8. The molecule has 1 aromatic heterocycles. The Bertz CT molecular complexity index is 756. The third-order valence-corrected chi connectivity index (χ3v) is 4.83. The van der Waals surface area contributed by atoms with Gasteiger partial charge in [0.05, 0.1) is 18.4 Å². The number of pyridine rings is 1. The van der Waals surface area contributed by atoms with Crippen LogP contribution in [0.25, 0.3) is 0 Å². The van der Waals surface area contributed by atoms with Crippen molar-refractivity contribution in [2.24, 2.45) is 0 Å². The van der Waals surface area contributed by atoms with Crippen LogP contribution in [-0.4, -0.2) is 31.1 Å². The molecule has 6 heteroatoms. The van der Waals surface area contributed by atoms with Gasteiger partial charge in [-0.05, 0) is 49.9 Å². The number of aromatic nitrogens is 1. The lowest BCUT2D eigenvalue weighted by molar-refractivity contribution is 0.102. The minimum atomic E-state index is -0.224. The Balaban J connectivity index is 1.74. The Morgan fingerprint density at radius 2 is 2.00 bits per heavy atom. The van der Waals surface area contributed by atoms with Crippen LogP contribution in [0.4, 0.5) is 11.5 Å². The Morgan fingerprint density at radius 1 is 1.24 bits per heavy atom. The van der Waals surface area contributed by atoms with Crippen molar-refractivity contribution >= 4 is 29.0 Å². The number of hydrogen-bond donors (Lipinski definition) is 1. The van der Waals surface area contributed by atoms with Gasteiger partial charge in [-0.1, -0.05) is 11.6 Å². The lowest BCUT2D eigenvalue weighted by atomic mass is 10.1. The number of benzene rings is 1. The number of anilines is 2. The van der Waals surface area contributed by atoms with Crippen molar-refractivity contribution in [1.82, 2.24) is 4.98 Å². The first-order valence-electron chi connectivity index (χ1n) is 8.45. The van der Waals surface area contributed by atoms with Crippen molar-refractivity contribution in [1.29, 1.82) is 0 Å². The largest absolute Gasteiger partial charge is 0.495 e. The van der Waals surface area contributed by atoms with E-state index in [9.17, 15) is 4.79 Å². The number of ether oxygens (including phenoxy) is 1. The maximum atomic E-state index is 12.5. The molecule has 1 N–H and O–H groups in total. The number of amides is 1. The number of carbonyl (C=O) groups excluding carboxylic acids is 1. The highest BCUT2D eigenvalue weighted by molar-refractivity contribution is 6.31. The van der Waals surface area contributed by atoms with Crippen LogP contribution in [0.2, 0.25) is 5.02 Å². The van der Waals surface area contributed by atoms with Gasteiger partial charge in [0, 0.05) is 30.4 Å². The monoisotopic (exact) mass is 359 g/mol. The predicted molar refractivity (Wildman–Crippen MR) is 101 cm³/mol. The van der Waals surface area contributed by atoms with E-state index in [-0.39, 0.29) is 5.91 Å². The van der Waals surface area contributed by atoms with E-state index in [1.165, 1.54) is 19.3 Å². The van der Waals surface area contributed by atoms with E-state index in [1.807, 2.05) is 19.1 Å². The van der Waals surface area contributed by atoms with Crippen molar-refractivity contribution in [3.8, 4) is 5.75 Å². The molecule has 1 saturated heterocycles. The quantitative estimate of drug-likeness (QED) is 0.884. The normalized spacial score (nSPS) is 14.3.